The summed E-state index contributed by atoms with van der Waals surface area (Å²) in [6.07, 6.45) is 6.65. The van der Waals surface area contributed by atoms with Crippen LogP contribution in [-0.2, 0) is 6.67 Å². The molecule has 13 heavy (non-hydrogen) atoms. The van der Waals surface area contributed by atoms with Crippen LogP contribution in [0.5, 0.6) is 0 Å². The zero-order chi connectivity index (χ0) is 9.26. The summed E-state index contributed by atoms with van der Waals surface area (Å²) < 4.78 is 3.00. The maximum absolute atomic E-state index is 4.21. The van der Waals surface area contributed by atoms with Gasteiger partial charge in [-0.2, -0.15) is 5.10 Å². The van der Waals surface area contributed by atoms with Crippen LogP contribution in [0.4, 0.5) is 0 Å². The molecule has 0 atom stereocenters. The van der Waals surface area contributed by atoms with Gasteiger partial charge in [-0.25, -0.2) is 0 Å². The summed E-state index contributed by atoms with van der Waals surface area (Å²) in [5, 5.41) is 4.21. The van der Waals surface area contributed by atoms with Crippen molar-refractivity contribution in [1.29, 1.82) is 0 Å². The molecule has 4 heteroatoms. The summed E-state index contributed by atoms with van der Waals surface area (Å²) in [6.45, 7) is 2.10. The van der Waals surface area contributed by atoms with E-state index in [-0.39, 0.29) is 0 Å². The topological polar surface area (TPSA) is 21.1 Å². The van der Waals surface area contributed by atoms with Gasteiger partial charge in [0.25, 0.3) is 0 Å². The van der Waals surface area contributed by atoms with Crippen molar-refractivity contribution in [3.8, 4) is 0 Å². The minimum atomic E-state index is 0.891. The number of hydrogen-bond donors (Lipinski definition) is 0. The van der Waals surface area contributed by atoms with E-state index in [2.05, 4.69) is 33.0 Å². The molecule has 0 aromatic carbocycles. The van der Waals surface area contributed by atoms with E-state index < -0.39 is 0 Å². The molecule has 0 spiro atoms. The first-order chi connectivity index (χ1) is 6.24. The molecule has 1 aromatic rings. The molecular weight excluding hydrogens is 230 g/mol. The Balaban J connectivity index is 1.82. The van der Waals surface area contributed by atoms with Crippen LogP contribution >= 0.6 is 15.9 Å². The van der Waals surface area contributed by atoms with Crippen molar-refractivity contribution in [1.82, 2.24) is 14.7 Å². The van der Waals surface area contributed by atoms with Gasteiger partial charge in [-0.05, 0) is 41.7 Å². The van der Waals surface area contributed by atoms with Crippen molar-refractivity contribution in [2.75, 3.05) is 13.6 Å². The van der Waals surface area contributed by atoms with Crippen molar-refractivity contribution in [2.24, 2.45) is 5.92 Å². The fraction of sp³-hybridized carbons (Fsp3) is 0.667. The van der Waals surface area contributed by atoms with Gasteiger partial charge in [-0.1, -0.05) is 0 Å². The van der Waals surface area contributed by atoms with E-state index >= 15 is 0 Å². The van der Waals surface area contributed by atoms with Crippen LogP contribution in [-0.4, -0.2) is 28.3 Å². The number of rotatable bonds is 4. The maximum Gasteiger partial charge on any atom is 0.0926 e. The van der Waals surface area contributed by atoms with Gasteiger partial charge in [-0.3, -0.25) is 9.58 Å². The lowest BCUT2D eigenvalue weighted by molar-refractivity contribution is 0.245. The van der Waals surface area contributed by atoms with Crippen molar-refractivity contribution in [2.45, 2.75) is 19.5 Å². The summed E-state index contributed by atoms with van der Waals surface area (Å²) in [6, 6.07) is 0. The van der Waals surface area contributed by atoms with Crippen molar-refractivity contribution < 1.29 is 0 Å². The summed E-state index contributed by atoms with van der Waals surface area (Å²) in [5.41, 5.74) is 0. The highest BCUT2D eigenvalue weighted by Gasteiger charge is 2.22. The molecule has 0 aliphatic heterocycles. The molecule has 1 heterocycles. The Morgan fingerprint density at radius 1 is 1.69 bits per heavy atom. The third-order valence-electron chi connectivity index (χ3n) is 2.25. The fourth-order valence-electron chi connectivity index (χ4n) is 1.46. The van der Waals surface area contributed by atoms with E-state index in [1.54, 1.807) is 0 Å². The first-order valence-electron chi connectivity index (χ1n) is 4.60. The molecule has 3 nitrogen and oxygen atoms in total. The predicted molar refractivity (Wildman–Crippen MR) is 55.3 cm³/mol. The quantitative estimate of drug-likeness (QED) is 0.807. The molecule has 0 bridgehead atoms. The van der Waals surface area contributed by atoms with Gasteiger partial charge < -0.3 is 0 Å². The first kappa shape index (κ1) is 9.21. The summed E-state index contributed by atoms with van der Waals surface area (Å²) >= 11 is 3.38. The Morgan fingerprint density at radius 2 is 2.46 bits per heavy atom. The Labute approximate surface area is 86.8 Å². The van der Waals surface area contributed by atoms with E-state index in [0.717, 1.165) is 17.1 Å². The van der Waals surface area contributed by atoms with Gasteiger partial charge in [0.05, 0.1) is 17.3 Å². The minimum absolute atomic E-state index is 0.891. The van der Waals surface area contributed by atoms with Gasteiger partial charge in [0.15, 0.2) is 0 Å². The monoisotopic (exact) mass is 243 g/mol. The van der Waals surface area contributed by atoms with E-state index in [4.69, 9.17) is 0 Å². The second-order valence-corrected chi connectivity index (χ2v) is 4.74. The Morgan fingerprint density at radius 3 is 3.00 bits per heavy atom. The van der Waals surface area contributed by atoms with Crippen molar-refractivity contribution >= 4 is 15.9 Å². The summed E-state index contributed by atoms with van der Waals surface area (Å²) in [7, 11) is 2.15. The Hall–Kier alpha value is -0.350. The van der Waals surface area contributed by atoms with Crippen LogP contribution in [0.25, 0.3) is 0 Å². The molecule has 0 N–H and O–H groups in total. The van der Waals surface area contributed by atoms with Crippen molar-refractivity contribution in [3.05, 3.63) is 16.9 Å². The Bertz CT molecular complexity index is 280. The highest BCUT2D eigenvalue weighted by Crippen LogP contribution is 2.29. The molecular formula is C9H14BrN3. The lowest BCUT2D eigenvalue weighted by atomic mass is 10.4. The van der Waals surface area contributed by atoms with Crippen LogP contribution in [0.3, 0.4) is 0 Å². The van der Waals surface area contributed by atoms with Crippen LogP contribution in [0.2, 0.25) is 0 Å². The molecule has 1 aliphatic carbocycles. The molecule has 72 valence electrons. The smallest absolute Gasteiger partial charge is 0.0926 e. The second-order valence-electron chi connectivity index (χ2n) is 3.82. The predicted octanol–water partition coefficient (Wildman–Crippen LogP) is 1.94. The first-order valence-corrected chi connectivity index (χ1v) is 5.40. The summed E-state index contributed by atoms with van der Waals surface area (Å²) in [5.74, 6) is 0.948. The van der Waals surface area contributed by atoms with Crippen LogP contribution in [0, 0.1) is 5.92 Å². The zero-order valence-electron chi connectivity index (χ0n) is 7.78. The lowest BCUT2D eigenvalue weighted by Crippen LogP contribution is -2.24. The highest BCUT2D eigenvalue weighted by molar-refractivity contribution is 9.10. The lowest BCUT2D eigenvalue weighted by Gasteiger charge is -2.15. The van der Waals surface area contributed by atoms with Crippen LogP contribution < -0.4 is 0 Å². The molecule has 0 unspecified atom stereocenters. The third-order valence-corrected chi connectivity index (χ3v) is 2.66. The van der Waals surface area contributed by atoms with Gasteiger partial charge in [0, 0.05) is 12.7 Å². The van der Waals surface area contributed by atoms with E-state index in [1.165, 1.54) is 19.4 Å². The number of hydrogen-bond acceptors (Lipinski definition) is 2. The number of nitrogens with zero attached hydrogens (tertiary/aromatic N) is 3. The molecule has 0 amide bonds. The average molecular weight is 244 g/mol. The number of halogens is 1. The molecule has 1 aromatic heterocycles. The normalized spacial score (nSPS) is 16.8. The molecule has 1 aliphatic rings. The van der Waals surface area contributed by atoms with Crippen molar-refractivity contribution in [3.63, 3.8) is 0 Å². The van der Waals surface area contributed by atoms with Crippen LogP contribution in [0.1, 0.15) is 12.8 Å². The average Bonchev–Trinajstić information content (AvgIpc) is 2.76. The SMILES string of the molecule is CN(CC1CC1)Cn1cc(Br)cn1. The minimum Gasteiger partial charge on any atom is -0.287 e. The van der Waals surface area contributed by atoms with Gasteiger partial charge >= 0.3 is 0 Å². The van der Waals surface area contributed by atoms with Crippen LogP contribution in [0.15, 0.2) is 16.9 Å². The highest BCUT2D eigenvalue weighted by atomic mass is 79.9. The third kappa shape index (κ3) is 2.81. The van der Waals surface area contributed by atoms with Gasteiger partial charge in [-0.15, -0.1) is 0 Å². The maximum atomic E-state index is 4.21. The zero-order valence-corrected chi connectivity index (χ0v) is 9.37. The van der Waals surface area contributed by atoms with Gasteiger partial charge in [0.2, 0.25) is 0 Å². The van der Waals surface area contributed by atoms with E-state index in [1.807, 2.05) is 17.1 Å². The fourth-order valence-corrected chi connectivity index (χ4v) is 1.79. The standard InChI is InChI=1S/C9H14BrN3/c1-12(5-8-2-3-8)7-13-6-9(10)4-11-13/h4,6,8H,2-3,5,7H2,1H3. The molecule has 2 rings (SSSR count). The van der Waals surface area contributed by atoms with E-state index in [0.29, 0.717) is 0 Å². The largest absolute Gasteiger partial charge is 0.287 e. The molecule has 1 fully saturated rings. The van der Waals surface area contributed by atoms with Gasteiger partial charge in [0.1, 0.15) is 0 Å². The molecule has 0 radical (unpaired) electrons. The molecule has 0 saturated heterocycles. The molecule has 1 saturated carbocycles. The second kappa shape index (κ2) is 3.80. The number of aromatic nitrogens is 2. The Kier molecular flexibility index (Phi) is 2.69. The van der Waals surface area contributed by atoms with E-state index in [9.17, 15) is 0 Å². The summed E-state index contributed by atoms with van der Waals surface area (Å²) in [4.78, 5) is 2.32.